The van der Waals surface area contributed by atoms with Gasteiger partial charge in [-0.05, 0) is 68.1 Å². The second kappa shape index (κ2) is 4.73. The van der Waals surface area contributed by atoms with E-state index in [0.717, 1.165) is 22.3 Å². The van der Waals surface area contributed by atoms with E-state index in [2.05, 4.69) is 18.0 Å². The zero-order chi connectivity index (χ0) is 13.3. The summed E-state index contributed by atoms with van der Waals surface area (Å²) < 4.78 is 0. The molecule has 2 heteroatoms. The van der Waals surface area contributed by atoms with Crippen molar-refractivity contribution in [2.24, 2.45) is 0 Å². The molecule has 2 nitrogen and oxygen atoms in total. The molecule has 1 aromatic carbocycles. The van der Waals surface area contributed by atoms with E-state index in [1.54, 1.807) is 6.20 Å². The normalized spacial score (nSPS) is 10.4. The summed E-state index contributed by atoms with van der Waals surface area (Å²) in [4.78, 5) is 16.6. The van der Waals surface area contributed by atoms with Crippen molar-refractivity contribution in [1.82, 2.24) is 4.98 Å². The first-order chi connectivity index (χ1) is 8.49. The number of hydrogen-bond donors (Lipinski definition) is 0. The lowest BCUT2D eigenvalue weighted by molar-refractivity contribution is 0.103. The molecule has 0 saturated carbocycles. The van der Waals surface area contributed by atoms with Gasteiger partial charge in [0.15, 0.2) is 0 Å². The molecule has 92 valence electrons. The van der Waals surface area contributed by atoms with Crippen LogP contribution in [0.3, 0.4) is 0 Å². The number of aromatic nitrogens is 1. The fraction of sp³-hybridized carbons (Fsp3) is 0.250. The van der Waals surface area contributed by atoms with Crippen molar-refractivity contribution >= 4 is 5.78 Å². The van der Waals surface area contributed by atoms with Crippen LogP contribution < -0.4 is 0 Å². The van der Waals surface area contributed by atoms with E-state index in [1.165, 1.54) is 5.56 Å². The fourth-order valence-electron chi connectivity index (χ4n) is 2.00. The maximum Gasteiger partial charge on any atom is 0.211 e. The Hall–Kier alpha value is -1.96. The quantitative estimate of drug-likeness (QED) is 0.750. The van der Waals surface area contributed by atoms with Crippen molar-refractivity contribution in [3.05, 3.63) is 64.0 Å². The molecule has 0 atom stereocenters. The molecule has 1 aromatic heterocycles. The number of carbonyl (C=O) groups excluding carboxylic acids is 1. The van der Waals surface area contributed by atoms with Crippen LogP contribution in [0.1, 0.15) is 38.3 Å². The molecule has 2 rings (SSSR count). The summed E-state index contributed by atoms with van der Waals surface area (Å²) in [5.41, 5.74) is 5.66. The van der Waals surface area contributed by atoms with Crippen molar-refractivity contribution in [2.45, 2.75) is 27.7 Å². The van der Waals surface area contributed by atoms with Gasteiger partial charge < -0.3 is 0 Å². The Balaban J connectivity index is 2.49. The average Bonchev–Trinajstić information content (AvgIpc) is 2.33. The highest BCUT2D eigenvalue weighted by molar-refractivity contribution is 6.08. The van der Waals surface area contributed by atoms with E-state index in [4.69, 9.17) is 0 Å². The number of aryl methyl sites for hydroxylation is 4. The molecular formula is C16H17NO. The van der Waals surface area contributed by atoms with Gasteiger partial charge in [-0.15, -0.1) is 0 Å². The van der Waals surface area contributed by atoms with E-state index < -0.39 is 0 Å². The predicted molar refractivity (Wildman–Crippen MR) is 73.1 cm³/mol. The summed E-state index contributed by atoms with van der Waals surface area (Å²) in [7, 11) is 0. The van der Waals surface area contributed by atoms with Crippen LogP contribution in [0.2, 0.25) is 0 Å². The van der Waals surface area contributed by atoms with Crippen molar-refractivity contribution in [1.29, 1.82) is 0 Å². The van der Waals surface area contributed by atoms with Crippen LogP contribution in [0.4, 0.5) is 0 Å². The van der Waals surface area contributed by atoms with Crippen LogP contribution >= 0.6 is 0 Å². The van der Waals surface area contributed by atoms with Gasteiger partial charge in [-0.2, -0.15) is 0 Å². The lowest BCUT2D eigenvalue weighted by Crippen LogP contribution is -2.07. The number of pyridine rings is 1. The van der Waals surface area contributed by atoms with Crippen LogP contribution in [0.5, 0.6) is 0 Å². The monoisotopic (exact) mass is 239 g/mol. The van der Waals surface area contributed by atoms with Crippen LogP contribution in [0.25, 0.3) is 0 Å². The summed E-state index contributed by atoms with van der Waals surface area (Å²) in [6.45, 7) is 8.01. The second-order valence-corrected chi connectivity index (χ2v) is 4.80. The first-order valence-corrected chi connectivity index (χ1v) is 6.04. The molecule has 2 aromatic rings. The molecule has 0 aliphatic heterocycles. The first-order valence-electron chi connectivity index (χ1n) is 6.04. The van der Waals surface area contributed by atoms with E-state index in [0.29, 0.717) is 5.69 Å². The second-order valence-electron chi connectivity index (χ2n) is 4.80. The molecule has 0 aliphatic rings. The Morgan fingerprint density at radius 3 is 2.28 bits per heavy atom. The fourth-order valence-corrected chi connectivity index (χ4v) is 2.00. The Labute approximate surface area is 108 Å². The van der Waals surface area contributed by atoms with E-state index in [9.17, 15) is 4.79 Å². The maximum absolute atomic E-state index is 12.4. The molecule has 0 spiro atoms. The maximum atomic E-state index is 12.4. The number of rotatable bonds is 2. The predicted octanol–water partition coefficient (Wildman–Crippen LogP) is 3.55. The van der Waals surface area contributed by atoms with Crippen LogP contribution in [0.15, 0.2) is 30.5 Å². The van der Waals surface area contributed by atoms with E-state index in [1.807, 2.05) is 39.0 Å². The SMILES string of the molecule is Cc1ccnc(C(=O)c2cc(C)c(C)cc2C)c1. The Bertz CT molecular complexity index is 614. The highest BCUT2D eigenvalue weighted by atomic mass is 16.1. The minimum atomic E-state index is -0.000648. The van der Waals surface area contributed by atoms with Crippen molar-refractivity contribution < 1.29 is 4.79 Å². The van der Waals surface area contributed by atoms with Gasteiger partial charge in [-0.3, -0.25) is 9.78 Å². The van der Waals surface area contributed by atoms with Crippen molar-refractivity contribution in [3.8, 4) is 0 Å². The van der Waals surface area contributed by atoms with Crippen LogP contribution in [-0.4, -0.2) is 10.8 Å². The molecular weight excluding hydrogens is 222 g/mol. The van der Waals surface area contributed by atoms with Gasteiger partial charge in [0.25, 0.3) is 0 Å². The zero-order valence-electron chi connectivity index (χ0n) is 11.2. The minimum Gasteiger partial charge on any atom is -0.287 e. The zero-order valence-corrected chi connectivity index (χ0v) is 11.2. The largest absolute Gasteiger partial charge is 0.287 e. The molecule has 0 saturated heterocycles. The van der Waals surface area contributed by atoms with Gasteiger partial charge in [-0.1, -0.05) is 6.07 Å². The Kier molecular flexibility index (Phi) is 3.28. The minimum absolute atomic E-state index is 0.000648. The summed E-state index contributed by atoms with van der Waals surface area (Å²) in [5, 5.41) is 0. The van der Waals surface area contributed by atoms with Crippen molar-refractivity contribution in [3.63, 3.8) is 0 Å². The van der Waals surface area contributed by atoms with Crippen LogP contribution in [-0.2, 0) is 0 Å². The summed E-state index contributed by atoms with van der Waals surface area (Å²) >= 11 is 0. The summed E-state index contributed by atoms with van der Waals surface area (Å²) in [5.74, 6) is -0.000648. The molecule has 0 unspecified atom stereocenters. The van der Waals surface area contributed by atoms with Crippen molar-refractivity contribution in [2.75, 3.05) is 0 Å². The topological polar surface area (TPSA) is 30.0 Å². The summed E-state index contributed by atoms with van der Waals surface area (Å²) in [6, 6.07) is 7.73. The molecule has 0 N–H and O–H groups in total. The third-order valence-electron chi connectivity index (χ3n) is 3.23. The van der Waals surface area contributed by atoms with E-state index >= 15 is 0 Å². The number of nitrogens with zero attached hydrogens (tertiary/aromatic N) is 1. The molecule has 1 heterocycles. The lowest BCUT2D eigenvalue weighted by atomic mass is 9.96. The lowest BCUT2D eigenvalue weighted by Gasteiger charge is -2.09. The summed E-state index contributed by atoms with van der Waals surface area (Å²) in [6.07, 6.45) is 1.68. The number of benzene rings is 1. The van der Waals surface area contributed by atoms with Gasteiger partial charge in [0, 0.05) is 11.8 Å². The van der Waals surface area contributed by atoms with Gasteiger partial charge in [0.05, 0.1) is 0 Å². The van der Waals surface area contributed by atoms with Gasteiger partial charge >= 0.3 is 0 Å². The third-order valence-corrected chi connectivity index (χ3v) is 3.23. The Morgan fingerprint density at radius 2 is 1.61 bits per heavy atom. The smallest absolute Gasteiger partial charge is 0.211 e. The van der Waals surface area contributed by atoms with Crippen LogP contribution in [0, 0.1) is 27.7 Å². The molecule has 0 bridgehead atoms. The molecule has 18 heavy (non-hydrogen) atoms. The standard InChI is InChI=1S/C16H17NO/c1-10-5-6-17-15(7-10)16(18)14-9-12(3)11(2)8-13(14)4/h5-9H,1-4H3. The number of hydrogen-bond acceptors (Lipinski definition) is 2. The Morgan fingerprint density at radius 1 is 0.944 bits per heavy atom. The average molecular weight is 239 g/mol. The molecule has 0 radical (unpaired) electrons. The third kappa shape index (κ3) is 2.33. The number of ketones is 1. The van der Waals surface area contributed by atoms with Gasteiger partial charge in [0.1, 0.15) is 5.69 Å². The molecule has 0 amide bonds. The van der Waals surface area contributed by atoms with Gasteiger partial charge in [0.2, 0.25) is 5.78 Å². The highest BCUT2D eigenvalue weighted by Crippen LogP contribution is 2.18. The first kappa shape index (κ1) is 12.5. The number of carbonyl (C=O) groups is 1. The van der Waals surface area contributed by atoms with Gasteiger partial charge in [-0.25, -0.2) is 0 Å². The molecule has 0 aliphatic carbocycles. The van der Waals surface area contributed by atoms with E-state index in [-0.39, 0.29) is 5.78 Å². The molecule has 0 fully saturated rings. The highest BCUT2D eigenvalue weighted by Gasteiger charge is 2.14.